The number of amides is 1. The summed E-state index contributed by atoms with van der Waals surface area (Å²) in [6, 6.07) is 4.89. The maximum atomic E-state index is 12.8. The van der Waals surface area contributed by atoms with Crippen LogP contribution in [0.25, 0.3) is 0 Å². The lowest BCUT2D eigenvalue weighted by molar-refractivity contribution is -0.160. The Morgan fingerprint density at radius 2 is 2.19 bits per heavy atom. The minimum atomic E-state index is -1.08. The van der Waals surface area contributed by atoms with Gasteiger partial charge in [-0.15, -0.1) is 11.3 Å². The molecule has 1 unspecified atom stereocenters. The van der Waals surface area contributed by atoms with Crippen LogP contribution in [-0.4, -0.2) is 59.3 Å². The minimum Gasteiger partial charge on any atom is -0.493 e. The maximum Gasteiger partial charge on any atom is 0.334 e. The molecule has 1 fully saturated rings. The van der Waals surface area contributed by atoms with Gasteiger partial charge in [0.25, 0.3) is 5.91 Å². The van der Waals surface area contributed by atoms with E-state index < -0.39 is 12.1 Å². The molecule has 1 saturated heterocycles. The Balaban J connectivity index is 1.73. The van der Waals surface area contributed by atoms with E-state index in [2.05, 4.69) is 4.98 Å². The normalized spacial score (nSPS) is 19.6. The summed E-state index contributed by atoms with van der Waals surface area (Å²) in [6.07, 6.45) is -1.38. The highest BCUT2D eigenvalue weighted by atomic mass is 32.1. The number of carboxylic acids is 1. The van der Waals surface area contributed by atoms with E-state index in [-0.39, 0.29) is 18.6 Å². The predicted molar refractivity (Wildman–Crippen MR) is 97.3 cm³/mol. The number of aliphatic carboxylic acids is 1. The first-order valence-electron chi connectivity index (χ1n) is 8.33. The zero-order chi connectivity index (χ0) is 19.4. The Morgan fingerprint density at radius 1 is 1.37 bits per heavy atom. The number of rotatable bonds is 6. The van der Waals surface area contributed by atoms with Gasteiger partial charge in [-0.1, -0.05) is 0 Å². The van der Waals surface area contributed by atoms with Crippen LogP contribution in [0.5, 0.6) is 11.5 Å². The molecule has 1 aliphatic rings. The zero-order valence-corrected chi connectivity index (χ0v) is 15.8. The van der Waals surface area contributed by atoms with Crippen LogP contribution in [0.4, 0.5) is 0 Å². The van der Waals surface area contributed by atoms with Crippen LogP contribution >= 0.6 is 11.3 Å². The van der Waals surface area contributed by atoms with Crippen molar-refractivity contribution < 1.29 is 28.9 Å². The first-order chi connectivity index (χ1) is 13.0. The molecule has 3 rings (SSSR count). The standard InChI is InChI=1S/C18H20N2O6S/c1-11-6-20(7-16(26-11)18(22)23)17(21)12-3-4-14(15(5-12)24-2)25-8-13-9-27-10-19-13/h3-5,9-11,16H,6-8H2,1-2H3,(H,22,23)/t11-,16?/m1/s1. The van der Waals surface area contributed by atoms with Crippen LogP contribution in [-0.2, 0) is 16.1 Å². The summed E-state index contributed by atoms with van der Waals surface area (Å²) in [5, 5.41) is 11.1. The number of carbonyl (C=O) groups excluding carboxylic acids is 1. The average Bonchev–Trinajstić information content (AvgIpc) is 3.18. The second-order valence-corrected chi connectivity index (χ2v) is 6.84. The number of thiazole rings is 1. The molecule has 1 aromatic carbocycles. The Kier molecular flexibility index (Phi) is 5.92. The van der Waals surface area contributed by atoms with Crippen molar-refractivity contribution in [2.45, 2.75) is 25.7 Å². The van der Waals surface area contributed by atoms with Gasteiger partial charge in [-0.25, -0.2) is 9.78 Å². The Hall–Kier alpha value is -2.65. The van der Waals surface area contributed by atoms with E-state index in [1.807, 2.05) is 5.38 Å². The maximum absolute atomic E-state index is 12.8. The molecule has 2 aromatic rings. The molecule has 0 bridgehead atoms. The molecule has 1 N–H and O–H groups in total. The molecule has 0 saturated carbocycles. The Morgan fingerprint density at radius 3 is 2.85 bits per heavy atom. The minimum absolute atomic E-state index is 0.00288. The molecule has 2 atom stereocenters. The lowest BCUT2D eigenvalue weighted by Crippen LogP contribution is -2.51. The molecule has 1 aromatic heterocycles. The third kappa shape index (κ3) is 4.55. The van der Waals surface area contributed by atoms with Crippen LogP contribution < -0.4 is 9.47 Å². The Labute approximate surface area is 160 Å². The molecular weight excluding hydrogens is 372 g/mol. The quantitative estimate of drug-likeness (QED) is 0.803. The van der Waals surface area contributed by atoms with Crippen LogP contribution in [0.2, 0.25) is 0 Å². The van der Waals surface area contributed by atoms with Gasteiger partial charge in [-0.3, -0.25) is 4.79 Å². The summed E-state index contributed by atoms with van der Waals surface area (Å²) in [7, 11) is 1.50. The van der Waals surface area contributed by atoms with Crippen LogP contribution in [0.3, 0.4) is 0 Å². The lowest BCUT2D eigenvalue weighted by Gasteiger charge is -2.35. The number of hydrogen-bond donors (Lipinski definition) is 1. The highest BCUT2D eigenvalue weighted by Crippen LogP contribution is 2.29. The monoisotopic (exact) mass is 392 g/mol. The molecule has 9 heteroatoms. The average molecular weight is 392 g/mol. The van der Waals surface area contributed by atoms with Gasteiger partial charge < -0.3 is 24.2 Å². The number of aromatic nitrogens is 1. The van der Waals surface area contributed by atoms with Gasteiger partial charge in [0.15, 0.2) is 17.6 Å². The number of carbonyl (C=O) groups is 2. The van der Waals surface area contributed by atoms with E-state index in [0.717, 1.165) is 5.69 Å². The van der Waals surface area contributed by atoms with Gasteiger partial charge in [0.1, 0.15) is 6.61 Å². The number of ether oxygens (including phenoxy) is 3. The molecule has 144 valence electrons. The van der Waals surface area contributed by atoms with Crippen LogP contribution in [0, 0.1) is 0 Å². The summed E-state index contributed by atoms with van der Waals surface area (Å²) in [5.41, 5.74) is 2.93. The highest BCUT2D eigenvalue weighted by Gasteiger charge is 2.33. The van der Waals surface area contributed by atoms with E-state index >= 15 is 0 Å². The number of benzene rings is 1. The van der Waals surface area contributed by atoms with Crippen molar-refractivity contribution in [2.75, 3.05) is 20.2 Å². The van der Waals surface area contributed by atoms with Gasteiger partial charge in [0.2, 0.25) is 0 Å². The Bertz CT molecular complexity index is 810. The summed E-state index contributed by atoms with van der Waals surface area (Å²) in [5.74, 6) is -0.434. The molecule has 1 aliphatic heterocycles. The fourth-order valence-electron chi connectivity index (χ4n) is 2.82. The molecule has 0 spiro atoms. The summed E-state index contributed by atoms with van der Waals surface area (Å²) in [6.45, 7) is 2.37. The molecular formula is C18H20N2O6S. The van der Waals surface area contributed by atoms with Crippen molar-refractivity contribution in [1.29, 1.82) is 0 Å². The third-order valence-electron chi connectivity index (χ3n) is 4.09. The van der Waals surface area contributed by atoms with E-state index in [1.165, 1.54) is 23.3 Å². The van der Waals surface area contributed by atoms with Crippen molar-refractivity contribution >= 4 is 23.2 Å². The van der Waals surface area contributed by atoms with Crippen LogP contribution in [0.15, 0.2) is 29.1 Å². The van der Waals surface area contributed by atoms with Crippen molar-refractivity contribution in [3.63, 3.8) is 0 Å². The number of hydrogen-bond acceptors (Lipinski definition) is 7. The molecule has 8 nitrogen and oxygen atoms in total. The van der Waals surface area contributed by atoms with E-state index in [9.17, 15) is 14.7 Å². The molecule has 0 aliphatic carbocycles. The predicted octanol–water partition coefficient (Wildman–Crippen LogP) is 2.04. The van der Waals surface area contributed by atoms with Crippen molar-refractivity contribution in [3.8, 4) is 11.5 Å². The second kappa shape index (κ2) is 8.36. The van der Waals surface area contributed by atoms with Gasteiger partial charge in [-0.2, -0.15) is 0 Å². The molecule has 2 heterocycles. The largest absolute Gasteiger partial charge is 0.493 e. The fraction of sp³-hybridized carbons (Fsp3) is 0.389. The first-order valence-corrected chi connectivity index (χ1v) is 9.27. The fourth-order valence-corrected chi connectivity index (χ4v) is 3.36. The number of carboxylic acid groups (broad SMARTS) is 1. The molecule has 0 radical (unpaired) electrons. The number of methoxy groups -OCH3 is 1. The topological polar surface area (TPSA) is 98.2 Å². The highest BCUT2D eigenvalue weighted by molar-refractivity contribution is 7.07. The number of morpholine rings is 1. The van der Waals surface area contributed by atoms with Gasteiger partial charge in [0, 0.05) is 17.5 Å². The summed E-state index contributed by atoms with van der Waals surface area (Å²) >= 11 is 1.48. The third-order valence-corrected chi connectivity index (χ3v) is 4.73. The first kappa shape index (κ1) is 19.1. The summed E-state index contributed by atoms with van der Waals surface area (Å²) in [4.78, 5) is 29.7. The molecule has 1 amide bonds. The smallest absolute Gasteiger partial charge is 0.334 e. The van der Waals surface area contributed by atoms with Crippen molar-refractivity contribution in [2.24, 2.45) is 0 Å². The second-order valence-electron chi connectivity index (χ2n) is 6.12. The zero-order valence-electron chi connectivity index (χ0n) is 15.0. The van der Waals surface area contributed by atoms with E-state index in [1.54, 1.807) is 30.6 Å². The van der Waals surface area contributed by atoms with Gasteiger partial charge >= 0.3 is 5.97 Å². The summed E-state index contributed by atoms with van der Waals surface area (Å²) < 4.78 is 16.4. The van der Waals surface area contributed by atoms with Crippen molar-refractivity contribution in [1.82, 2.24) is 9.88 Å². The van der Waals surface area contributed by atoms with Gasteiger partial charge in [-0.05, 0) is 25.1 Å². The lowest BCUT2D eigenvalue weighted by atomic mass is 10.1. The van der Waals surface area contributed by atoms with E-state index in [4.69, 9.17) is 14.2 Å². The van der Waals surface area contributed by atoms with E-state index in [0.29, 0.717) is 30.2 Å². The van der Waals surface area contributed by atoms with Gasteiger partial charge in [0.05, 0.1) is 31.0 Å². The SMILES string of the molecule is COc1cc(C(=O)N2CC(C(=O)O)O[C@H](C)C2)ccc1OCc1cscn1. The van der Waals surface area contributed by atoms with Crippen LogP contribution in [0.1, 0.15) is 23.0 Å². The molecule has 27 heavy (non-hydrogen) atoms. The number of nitrogens with zero attached hydrogens (tertiary/aromatic N) is 2. The van der Waals surface area contributed by atoms with Crippen molar-refractivity contribution in [3.05, 3.63) is 40.3 Å².